The Morgan fingerprint density at radius 3 is 2.67 bits per heavy atom. The molecule has 1 fully saturated rings. The first-order valence-electron chi connectivity index (χ1n) is 10.1. The Labute approximate surface area is 162 Å². The smallest absolute Gasteiger partial charge is 0.132 e. The van der Waals surface area contributed by atoms with E-state index in [4.69, 9.17) is 4.74 Å². The molecular formula is C22H30N4O. The van der Waals surface area contributed by atoms with Crippen LogP contribution in [0.5, 0.6) is 5.75 Å². The fourth-order valence-electron chi connectivity index (χ4n) is 4.60. The summed E-state index contributed by atoms with van der Waals surface area (Å²) in [5.41, 5.74) is 3.88. The molecule has 1 saturated heterocycles. The first-order chi connectivity index (χ1) is 13.1. The Hall–Kier alpha value is -2.14. The predicted octanol–water partition coefficient (Wildman–Crippen LogP) is 3.74. The number of rotatable bonds is 4. The van der Waals surface area contributed by atoms with Crippen LogP contribution < -0.4 is 15.0 Å². The maximum absolute atomic E-state index is 5.59. The summed E-state index contributed by atoms with van der Waals surface area (Å²) in [5.74, 6) is 2.98. The minimum atomic E-state index is 0.448. The maximum Gasteiger partial charge on any atom is 0.132 e. The largest absolute Gasteiger partial charge is 0.496 e. The van der Waals surface area contributed by atoms with Crippen LogP contribution in [0.1, 0.15) is 54.4 Å². The number of methoxy groups -OCH3 is 1. The summed E-state index contributed by atoms with van der Waals surface area (Å²) in [4.78, 5) is 11.4. The van der Waals surface area contributed by atoms with Gasteiger partial charge in [0.2, 0.25) is 0 Å². The highest BCUT2D eigenvalue weighted by Gasteiger charge is 2.27. The highest BCUT2D eigenvalue weighted by molar-refractivity contribution is 5.44. The van der Waals surface area contributed by atoms with Crippen LogP contribution in [0.15, 0.2) is 24.3 Å². The van der Waals surface area contributed by atoms with Gasteiger partial charge in [0.25, 0.3) is 0 Å². The second-order valence-corrected chi connectivity index (χ2v) is 7.82. The van der Waals surface area contributed by atoms with Crippen LogP contribution >= 0.6 is 0 Å². The van der Waals surface area contributed by atoms with Gasteiger partial charge in [-0.3, -0.25) is 0 Å². The van der Waals surface area contributed by atoms with Crippen molar-refractivity contribution < 1.29 is 4.74 Å². The van der Waals surface area contributed by atoms with E-state index in [-0.39, 0.29) is 0 Å². The van der Waals surface area contributed by atoms with Crippen LogP contribution in [0.3, 0.4) is 0 Å². The molecular weight excluding hydrogens is 336 g/mol. The third-order valence-electron chi connectivity index (χ3n) is 5.89. The van der Waals surface area contributed by atoms with Gasteiger partial charge in [-0.15, -0.1) is 0 Å². The minimum absolute atomic E-state index is 0.448. The molecule has 2 aliphatic rings. The number of aromatic nitrogens is 2. The number of benzene rings is 1. The number of nitrogens with one attached hydrogen (secondary N) is 1. The van der Waals surface area contributed by atoms with Crippen LogP contribution in [0.4, 0.5) is 5.82 Å². The SMILES string of the molecule is COc1cccc2c1CCCC2NC1CCN(c2cc(C)nc(C)n2)CC1. The van der Waals surface area contributed by atoms with E-state index in [1.165, 1.54) is 24.0 Å². The summed E-state index contributed by atoms with van der Waals surface area (Å²) in [7, 11) is 1.78. The summed E-state index contributed by atoms with van der Waals surface area (Å²) >= 11 is 0. The minimum Gasteiger partial charge on any atom is -0.496 e. The summed E-state index contributed by atoms with van der Waals surface area (Å²) < 4.78 is 5.59. The average Bonchev–Trinajstić information content (AvgIpc) is 2.67. The first-order valence-corrected chi connectivity index (χ1v) is 10.1. The molecule has 0 bridgehead atoms. The standard InChI is InChI=1S/C22H30N4O/c1-15-14-22(24-16(2)23-15)26-12-10-17(11-13-26)25-20-8-4-7-19-18(20)6-5-9-21(19)27-3/h5-6,9,14,17,20,25H,4,7-8,10-13H2,1-3H3. The molecule has 0 spiro atoms. The zero-order valence-corrected chi connectivity index (χ0v) is 16.7. The molecule has 1 aromatic carbocycles. The second kappa shape index (κ2) is 7.85. The molecule has 1 aromatic heterocycles. The van der Waals surface area contributed by atoms with Gasteiger partial charge in [-0.25, -0.2) is 9.97 Å². The predicted molar refractivity (Wildman–Crippen MR) is 109 cm³/mol. The number of aryl methyl sites for hydroxylation is 2. The molecule has 0 amide bonds. The quantitative estimate of drug-likeness (QED) is 0.893. The molecule has 1 unspecified atom stereocenters. The van der Waals surface area contributed by atoms with Crippen LogP contribution in [-0.2, 0) is 6.42 Å². The molecule has 5 heteroatoms. The van der Waals surface area contributed by atoms with Gasteiger partial charge in [0.05, 0.1) is 7.11 Å². The lowest BCUT2D eigenvalue weighted by Crippen LogP contribution is -2.44. The zero-order valence-electron chi connectivity index (χ0n) is 16.7. The average molecular weight is 367 g/mol. The van der Waals surface area contributed by atoms with E-state index in [1.54, 1.807) is 7.11 Å². The summed E-state index contributed by atoms with van der Waals surface area (Å²) in [6.45, 7) is 6.11. The Kier molecular flexibility index (Phi) is 5.30. The van der Waals surface area contributed by atoms with Gasteiger partial charge >= 0.3 is 0 Å². The van der Waals surface area contributed by atoms with Crippen molar-refractivity contribution in [2.45, 2.75) is 58.0 Å². The summed E-state index contributed by atoms with van der Waals surface area (Å²) in [6, 6.07) is 9.60. The lowest BCUT2D eigenvalue weighted by molar-refractivity contribution is 0.340. The van der Waals surface area contributed by atoms with Gasteiger partial charge in [-0.05, 0) is 63.1 Å². The molecule has 27 heavy (non-hydrogen) atoms. The topological polar surface area (TPSA) is 50.3 Å². The highest BCUT2D eigenvalue weighted by atomic mass is 16.5. The van der Waals surface area contributed by atoms with E-state index < -0.39 is 0 Å². The molecule has 1 aliphatic heterocycles. The van der Waals surface area contributed by atoms with Crippen molar-refractivity contribution in [2.75, 3.05) is 25.1 Å². The van der Waals surface area contributed by atoms with E-state index in [0.717, 1.165) is 55.4 Å². The molecule has 1 atom stereocenters. The van der Waals surface area contributed by atoms with Crippen molar-refractivity contribution in [1.29, 1.82) is 0 Å². The molecule has 0 radical (unpaired) electrons. The normalized spacial score (nSPS) is 20.4. The highest BCUT2D eigenvalue weighted by Crippen LogP contribution is 2.36. The van der Waals surface area contributed by atoms with Gasteiger partial charge in [0, 0.05) is 36.9 Å². The number of hydrogen-bond acceptors (Lipinski definition) is 5. The van der Waals surface area contributed by atoms with Crippen molar-refractivity contribution in [2.24, 2.45) is 0 Å². The fraction of sp³-hybridized carbons (Fsp3) is 0.545. The van der Waals surface area contributed by atoms with Crippen LogP contribution in [0.25, 0.3) is 0 Å². The van der Waals surface area contributed by atoms with Gasteiger partial charge in [0.1, 0.15) is 17.4 Å². The van der Waals surface area contributed by atoms with E-state index in [2.05, 4.69) is 44.5 Å². The van der Waals surface area contributed by atoms with Crippen LogP contribution in [0, 0.1) is 13.8 Å². The van der Waals surface area contributed by atoms with E-state index in [0.29, 0.717) is 12.1 Å². The fourth-order valence-corrected chi connectivity index (χ4v) is 4.60. The van der Waals surface area contributed by atoms with Crippen LogP contribution in [-0.4, -0.2) is 36.2 Å². The Bertz CT molecular complexity index is 779. The van der Waals surface area contributed by atoms with Gasteiger partial charge in [0.15, 0.2) is 0 Å². The summed E-state index contributed by atoms with van der Waals surface area (Å²) in [5, 5.41) is 3.95. The van der Waals surface area contributed by atoms with Crippen molar-refractivity contribution >= 4 is 5.82 Å². The maximum atomic E-state index is 5.59. The molecule has 144 valence electrons. The zero-order chi connectivity index (χ0) is 18.8. The van der Waals surface area contributed by atoms with Crippen LogP contribution in [0.2, 0.25) is 0 Å². The molecule has 1 N–H and O–H groups in total. The van der Waals surface area contributed by atoms with E-state index in [9.17, 15) is 0 Å². The molecule has 0 saturated carbocycles. The number of ether oxygens (including phenoxy) is 1. The molecule has 5 nitrogen and oxygen atoms in total. The number of hydrogen-bond donors (Lipinski definition) is 1. The Balaban J connectivity index is 1.40. The molecule has 2 aromatic rings. The van der Waals surface area contributed by atoms with Crippen molar-refractivity contribution in [3.63, 3.8) is 0 Å². The third-order valence-corrected chi connectivity index (χ3v) is 5.89. The lowest BCUT2D eigenvalue weighted by Gasteiger charge is -2.37. The third kappa shape index (κ3) is 3.93. The number of piperidine rings is 1. The van der Waals surface area contributed by atoms with Gasteiger partial charge < -0.3 is 15.0 Å². The monoisotopic (exact) mass is 366 g/mol. The number of nitrogens with zero attached hydrogens (tertiary/aromatic N) is 3. The van der Waals surface area contributed by atoms with Gasteiger partial charge in [-0.2, -0.15) is 0 Å². The van der Waals surface area contributed by atoms with Crippen molar-refractivity contribution in [3.05, 3.63) is 46.9 Å². The van der Waals surface area contributed by atoms with Crippen molar-refractivity contribution in [3.8, 4) is 5.75 Å². The molecule has 1 aliphatic carbocycles. The second-order valence-electron chi connectivity index (χ2n) is 7.82. The van der Waals surface area contributed by atoms with E-state index >= 15 is 0 Å². The molecule has 2 heterocycles. The van der Waals surface area contributed by atoms with Crippen molar-refractivity contribution in [1.82, 2.24) is 15.3 Å². The lowest BCUT2D eigenvalue weighted by atomic mass is 9.86. The number of fused-ring (bicyclic) bond motifs is 1. The Morgan fingerprint density at radius 2 is 1.93 bits per heavy atom. The molecule has 4 rings (SSSR count). The Morgan fingerprint density at radius 1 is 1.11 bits per heavy atom. The van der Waals surface area contributed by atoms with Gasteiger partial charge in [-0.1, -0.05) is 12.1 Å². The number of anilines is 1. The van der Waals surface area contributed by atoms with E-state index in [1.807, 2.05) is 13.8 Å². The summed E-state index contributed by atoms with van der Waals surface area (Å²) in [6.07, 6.45) is 5.87. The first kappa shape index (κ1) is 18.2.